The fraction of sp³-hybridized carbons (Fsp3) is 0.444. The minimum Gasteiger partial charge on any atom is -0.396 e. The average Bonchev–Trinajstić information content (AvgIpc) is 3.30. The van der Waals surface area contributed by atoms with Gasteiger partial charge in [0.15, 0.2) is 0 Å². The summed E-state index contributed by atoms with van der Waals surface area (Å²) >= 11 is 6.01. The fourth-order valence-electron chi connectivity index (χ4n) is 2.70. The van der Waals surface area contributed by atoms with Crippen LogP contribution in [0.25, 0.3) is 0 Å². The number of nitrogens with one attached hydrogen (secondary N) is 1. The molecule has 5 nitrogen and oxygen atoms in total. The van der Waals surface area contributed by atoms with Gasteiger partial charge >= 0.3 is 0 Å². The predicted octanol–water partition coefficient (Wildman–Crippen LogP) is 2.93. The molecule has 0 aliphatic heterocycles. The highest BCUT2D eigenvalue weighted by Crippen LogP contribution is 2.41. The van der Waals surface area contributed by atoms with Gasteiger partial charge in [0.1, 0.15) is 5.15 Å². The number of hydrogen-bond donors (Lipinski definition) is 2. The van der Waals surface area contributed by atoms with Gasteiger partial charge in [0, 0.05) is 31.8 Å². The van der Waals surface area contributed by atoms with Crippen LogP contribution in [0.15, 0.2) is 18.5 Å². The van der Waals surface area contributed by atoms with E-state index < -0.39 is 0 Å². The second-order valence-corrected chi connectivity index (χ2v) is 6.59. The lowest BCUT2D eigenvalue weighted by Crippen LogP contribution is -2.17. The summed E-state index contributed by atoms with van der Waals surface area (Å²) in [5, 5.41) is 17.2. The molecule has 2 aromatic rings. The third-order valence-electron chi connectivity index (χ3n) is 4.12. The van der Waals surface area contributed by atoms with Crippen LogP contribution in [0.3, 0.4) is 0 Å². The molecule has 1 fully saturated rings. The second kappa shape index (κ2) is 7.25. The first-order valence-corrected chi connectivity index (χ1v) is 8.53. The van der Waals surface area contributed by atoms with E-state index in [2.05, 4.69) is 27.2 Å². The van der Waals surface area contributed by atoms with Crippen molar-refractivity contribution in [3.05, 3.63) is 40.4 Å². The van der Waals surface area contributed by atoms with Gasteiger partial charge in [0.05, 0.1) is 28.7 Å². The molecule has 24 heavy (non-hydrogen) atoms. The zero-order valence-electron chi connectivity index (χ0n) is 13.9. The first-order chi connectivity index (χ1) is 11.6. The number of aromatic nitrogens is 3. The van der Waals surface area contributed by atoms with Crippen molar-refractivity contribution in [3.8, 4) is 11.8 Å². The minimum atomic E-state index is 0.120. The summed E-state index contributed by atoms with van der Waals surface area (Å²) < 4.78 is 1.92. The average molecular weight is 345 g/mol. The van der Waals surface area contributed by atoms with Crippen LogP contribution >= 0.6 is 11.6 Å². The number of aryl methyl sites for hydroxylation is 1. The molecule has 0 bridgehead atoms. The second-order valence-electron chi connectivity index (χ2n) is 6.20. The number of aliphatic hydroxyl groups excluding tert-OH is 1. The van der Waals surface area contributed by atoms with Crippen LogP contribution in [0.4, 0.5) is 5.69 Å². The minimum absolute atomic E-state index is 0.120. The molecule has 1 aliphatic carbocycles. The molecule has 0 spiro atoms. The third kappa shape index (κ3) is 3.89. The number of hydrogen-bond acceptors (Lipinski definition) is 4. The number of rotatable bonds is 5. The molecule has 2 N–H and O–H groups in total. The van der Waals surface area contributed by atoms with Crippen LogP contribution in [0, 0.1) is 11.8 Å². The molecule has 0 amide bonds. The summed E-state index contributed by atoms with van der Waals surface area (Å²) in [4.78, 5) is 4.13. The van der Waals surface area contributed by atoms with Gasteiger partial charge in [-0.1, -0.05) is 23.4 Å². The maximum Gasteiger partial charge on any atom is 0.131 e. The molecule has 1 atom stereocenters. The molecule has 0 unspecified atom stereocenters. The lowest BCUT2D eigenvalue weighted by Gasteiger charge is -2.15. The first-order valence-electron chi connectivity index (χ1n) is 8.15. The van der Waals surface area contributed by atoms with E-state index in [0.717, 1.165) is 16.8 Å². The van der Waals surface area contributed by atoms with E-state index in [-0.39, 0.29) is 12.6 Å². The number of pyridine rings is 1. The van der Waals surface area contributed by atoms with Crippen molar-refractivity contribution in [1.29, 1.82) is 0 Å². The molecule has 0 saturated heterocycles. The lowest BCUT2D eigenvalue weighted by atomic mass is 10.1. The molecule has 2 aromatic heterocycles. The number of anilines is 1. The van der Waals surface area contributed by atoms with E-state index in [1.165, 1.54) is 18.5 Å². The zero-order chi connectivity index (χ0) is 17.1. The Bertz CT molecular complexity index is 786. The van der Waals surface area contributed by atoms with Gasteiger partial charge in [-0.15, -0.1) is 0 Å². The summed E-state index contributed by atoms with van der Waals surface area (Å²) in [6.07, 6.45) is 6.58. The Morgan fingerprint density at radius 1 is 1.38 bits per heavy atom. The standard InChI is InChI=1S/C18H21ClN4O/c1-12(7-8-24)22-16-9-17(19)20-10-14(16)5-6-15-11-21-23(2)18(15)13-3-4-13/h9-13,24H,3-4,7-8H2,1-2H3,(H,20,22)/t12-/m0/s1. The first kappa shape index (κ1) is 16.8. The predicted molar refractivity (Wildman–Crippen MR) is 95.2 cm³/mol. The Balaban J connectivity index is 1.88. The maximum atomic E-state index is 9.07. The Kier molecular flexibility index (Phi) is 5.08. The highest BCUT2D eigenvalue weighted by molar-refractivity contribution is 6.29. The lowest BCUT2D eigenvalue weighted by molar-refractivity contribution is 0.282. The monoisotopic (exact) mass is 344 g/mol. The fourth-order valence-corrected chi connectivity index (χ4v) is 2.86. The van der Waals surface area contributed by atoms with Gasteiger partial charge in [0.2, 0.25) is 0 Å². The van der Waals surface area contributed by atoms with E-state index in [1.54, 1.807) is 12.3 Å². The third-order valence-corrected chi connectivity index (χ3v) is 4.32. The van der Waals surface area contributed by atoms with E-state index in [1.807, 2.05) is 24.9 Å². The van der Waals surface area contributed by atoms with Crippen molar-refractivity contribution < 1.29 is 5.11 Å². The van der Waals surface area contributed by atoms with Gasteiger partial charge in [-0.3, -0.25) is 4.68 Å². The Labute approximate surface area is 147 Å². The summed E-state index contributed by atoms with van der Waals surface area (Å²) in [5.74, 6) is 7.01. The molecule has 3 rings (SSSR count). The van der Waals surface area contributed by atoms with Crippen molar-refractivity contribution in [1.82, 2.24) is 14.8 Å². The van der Waals surface area contributed by atoms with Gasteiger partial charge in [-0.25, -0.2) is 4.98 Å². The van der Waals surface area contributed by atoms with Crippen molar-refractivity contribution in [2.45, 2.75) is 38.1 Å². The summed E-state index contributed by atoms with van der Waals surface area (Å²) in [7, 11) is 1.96. The van der Waals surface area contributed by atoms with E-state index in [0.29, 0.717) is 17.5 Å². The van der Waals surface area contributed by atoms with Crippen molar-refractivity contribution in [2.24, 2.45) is 7.05 Å². The number of halogens is 1. The summed E-state index contributed by atoms with van der Waals surface area (Å²) in [6.45, 7) is 2.14. The van der Waals surface area contributed by atoms with Crippen LogP contribution in [-0.4, -0.2) is 32.5 Å². The van der Waals surface area contributed by atoms with Crippen molar-refractivity contribution >= 4 is 17.3 Å². The number of nitrogens with zero attached hydrogens (tertiary/aromatic N) is 3. The van der Waals surface area contributed by atoms with Crippen molar-refractivity contribution in [3.63, 3.8) is 0 Å². The van der Waals surface area contributed by atoms with Gasteiger partial charge in [-0.05, 0) is 32.3 Å². The van der Waals surface area contributed by atoms with Crippen LogP contribution in [0.2, 0.25) is 5.15 Å². The molecule has 1 saturated carbocycles. The Morgan fingerprint density at radius 3 is 2.83 bits per heavy atom. The molecule has 2 heterocycles. The van der Waals surface area contributed by atoms with E-state index in [4.69, 9.17) is 16.7 Å². The molecule has 6 heteroatoms. The van der Waals surface area contributed by atoms with Crippen LogP contribution in [-0.2, 0) is 7.05 Å². The van der Waals surface area contributed by atoms with E-state index in [9.17, 15) is 0 Å². The molecular formula is C18H21ClN4O. The maximum absolute atomic E-state index is 9.07. The Morgan fingerprint density at radius 2 is 2.12 bits per heavy atom. The summed E-state index contributed by atoms with van der Waals surface area (Å²) in [6, 6.07) is 1.89. The Hall–Kier alpha value is -2.03. The van der Waals surface area contributed by atoms with Gasteiger partial charge < -0.3 is 10.4 Å². The van der Waals surface area contributed by atoms with Crippen LogP contribution in [0.5, 0.6) is 0 Å². The smallest absolute Gasteiger partial charge is 0.131 e. The topological polar surface area (TPSA) is 63.0 Å². The molecule has 126 valence electrons. The van der Waals surface area contributed by atoms with Crippen LogP contribution < -0.4 is 5.32 Å². The van der Waals surface area contributed by atoms with Crippen LogP contribution in [0.1, 0.15) is 48.9 Å². The molecular weight excluding hydrogens is 324 g/mol. The highest BCUT2D eigenvalue weighted by Gasteiger charge is 2.28. The van der Waals surface area contributed by atoms with Gasteiger partial charge in [-0.2, -0.15) is 5.10 Å². The normalized spacial score (nSPS) is 14.8. The summed E-state index contributed by atoms with van der Waals surface area (Å²) in [5.41, 5.74) is 3.81. The quantitative estimate of drug-likeness (QED) is 0.646. The zero-order valence-corrected chi connectivity index (χ0v) is 14.6. The largest absolute Gasteiger partial charge is 0.396 e. The van der Waals surface area contributed by atoms with Crippen molar-refractivity contribution in [2.75, 3.05) is 11.9 Å². The molecule has 0 radical (unpaired) electrons. The highest BCUT2D eigenvalue weighted by atomic mass is 35.5. The molecule has 0 aromatic carbocycles. The number of aliphatic hydroxyl groups is 1. The van der Waals surface area contributed by atoms with E-state index >= 15 is 0 Å². The molecule has 1 aliphatic rings. The SMILES string of the molecule is C[C@@H](CCO)Nc1cc(Cl)ncc1C#Cc1cnn(C)c1C1CC1. The van der Waals surface area contributed by atoms with Gasteiger partial charge in [0.25, 0.3) is 0 Å².